The highest BCUT2D eigenvalue weighted by Crippen LogP contribution is 2.29. The van der Waals surface area contributed by atoms with Gasteiger partial charge in [-0.3, -0.25) is 9.59 Å². The first-order valence-electron chi connectivity index (χ1n) is 7.36. The first kappa shape index (κ1) is 16.0. The summed E-state index contributed by atoms with van der Waals surface area (Å²) < 4.78 is 0. The van der Waals surface area contributed by atoms with Crippen molar-refractivity contribution in [3.8, 4) is 0 Å². The lowest BCUT2D eigenvalue weighted by atomic mass is 9.84. The lowest BCUT2D eigenvalue weighted by Gasteiger charge is -2.46. The molecule has 1 aliphatic heterocycles. The second-order valence-electron chi connectivity index (χ2n) is 6.41. The Morgan fingerprint density at radius 2 is 1.74 bits per heavy atom. The molecule has 1 rings (SSSR count). The molecule has 1 N–H and O–H groups in total. The van der Waals surface area contributed by atoms with Gasteiger partial charge in [0.15, 0.2) is 0 Å². The number of nitrogens with one attached hydrogen (secondary N) is 1. The van der Waals surface area contributed by atoms with Crippen molar-refractivity contribution >= 4 is 11.8 Å². The zero-order valence-electron chi connectivity index (χ0n) is 13.2. The van der Waals surface area contributed by atoms with Gasteiger partial charge in [0.1, 0.15) is 11.6 Å². The minimum Gasteiger partial charge on any atom is -0.340 e. The van der Waals surface area contributed by atoms with Gasteiger partial charge in [-0.05, 0) is 31.6 Å². The zero-order chi connectivity index (χ0) is 14.8. The Hall–Kier alpha value is -1.06. The summed E-state index contributed by atoms with van der Waals surface area (Å²) in [6, 6.07) is -0.371. The van der Waals surface area contributed by atoms with E-state index >= 15 is 0 Å². The van der Waals surface area contributed by atoms with Crippen LogP contribution in [0.2, 0.25) is 0 Å². The monoisotopic (exact) mass is 268 g/mol. The lowest BCUT2D eigenvalue weighted by molar-refractivity contribution is -0.156. The highest BCUT2D eigenvalue weighted by molar-refractivity contribution is 5.99. The molecule has 1 heterocycles. The van der Waals surface area contributed by atoms with Crippen LogP contribution in [0, 0.1) is 5.41 Å². The summed E-state index contributed by atoms with van der Waals surface area (Å²) in [6.07, 6.45) is 2.27. The minimum absolute atomic E-state index is 0.0322. The maximum atomic E-state index is 12.8. The Labute approximate surface area is 116 Å². The molecule has 0 bridgehead atoms. The maximum absolute atomic E-state index is 12.8. The molecule has 0 radical (unpaired) electrons. The molecule has 4 nitrogen and oxygen atoms in total. The zero-order valence-corrected chi connectivity index (χ0v) is 13.2. The van der Waals surface area contributed by atoms with Crippen LogP contribution in [0.4, 0.5) is 0 Å². The van der Waals surface area contributed by atoms with Crippen molar-refractivity contribution in [2.45, 2.75) is 72.4 Å². The summed E-state index contributed by atoms with van der Waals surface area (Å²) in [5.74, 6) is 0.0429. The SMILES string of the molecule is CCC(C)(C)CN1C(=O)C(CC)(CC)NC(=O)C1C. The summed E-state index contributed by atoms with van der Waals surface area (Å²) in [5, 5.41) is 2.93. The number of piperazine rings is 1. The summed E-state index contributed by atoms with van der Waals surface area (Å²) in [7, 11) is 0. The van der Waals surface area contributed by atoms with Crippen LogP contribution in [-0.2, 0) is 9.59 Å². The molecule has 1 fully saturated rings. The number of nitrogens with zero attached hydrogens (tertiary/aromatic N) is 1. The summed E-state index contributed by atoms with van der Waals surface area (Å²) in [6.45, 7) is 12.8. The molecule has 1 atom stereocenters. The molecule has 0 saturated carbocycles. The number of hydrogen-bond donors (Lipinski definition) is 1. The molecule has 1 saturated heterocycles. The van der Waals surface area contributed by atoms with Gasteiger partial charge in [0.2, 0.25) is 11.8 Å². The third-order valence-electron chi connectivity index (χ3n) is 4.64. The normalized spacial score (nSPS) is 23.5. The molecule has 0 aromatic rings. The van der Waals surface area contributed by atoms with E-state index in [1.807, 2.05) is 20.8 Å². The Balaban J connectivity index is 3.06. The number of carbonyl (C=O) groups excluding carboxylic acids is 2. The van der Waals surface area contributed by atoms with Crippen molar-refractivity contribution in [1.82, 2.24) is 10.2 Å². The smallest absolute Gasteiger partial charge is 0.248 e. The van der Waals surface area contributed by atoms with Gasteiger partial charge >= 0.3 is 0 Å². The Bertz CT molecular complexity index is 359. The van der Waals surface area contributed by atoms with Crippen molar-refractivity contribution < 1.29 is 9.59 Å². The third-order valence-corrected chi connectivity index (χ3v) is 4.64. The van der Waals surface area contributed by atoms with E-state index < -0.39 is 5.54 Å². The fourth-order valence-corrected chi connectivity index (χ4v) is 2.50. The summed E-state index contributed by atoms with van der Waals surface area (Å²) >= 11 is 0. The maximum Gasteiger partial charge on any atom is 0.248 e. The predicted molar refractivity (Wildman–Crippen MR) is 76.7 cm³/mol. The van der Waals surface area contributed by atoms with Crippen molar-refractivity contribution in [2.24, 2.45) is 5.41 Å². The van der Waals surface area contributed by atoms with E-state index in [4.69, 9.17) is 0 Å². The van der Waals surface area contributed by atoms with E-state index in [9.17, 15) is 9.59 Å². The van der Waals surface area contributed by atoms with Gasteiger partial charge in [-0.15, -0.1) is 0 Å². The first-order chi connectivity index (χ1) is 8.73. The van der Waals surface area contributed by atoms with Crippen LogP contribution in [0.1, 0.15) is 60.8 Å². The van der Waals surface area contributed by atoms with E-state index in [1.54, 1.807) is 4.90 Å². The Morgan fingerprint density at radius 1 is 1.21 bits per heavy atom. The van der Waals surface area contributed by atoms with Crippen LogP contribution < -0.4 is 5.32 Å². The predicted octanol–water partition coefficient (Wildman–Crippen LogP) is 2.33. The van der Waals surface area contributed by atoms with E-state index in [-0.39, 0.29) is 23.3 Å². The average molecular weight is 268 g/mol. The first-order valence-corrected chi connectivity index (χ1v) is 7.36. The van der Waals surface area contributed by atoms with Crippen LogP contribution in [0.5, 0.6) is 0 Å². The van der Waals surface area contributed by atoms with Crippen LogP contribution in [0.15, 0.2) is 0 Å². The van der Waals surface area contributed by atoms with Gasteiger partial charge in [-0.2, -0.15) is 0 Å². The molecule has 0 spiro atoms. The largest absolute Gasteiger partial charge is 0.340 e. The number of amides is 2. The molecular formula is C15H28N2O2. The number of rotatable bonds is 5. The van der Waals surface area contributed by atoms with Crippen molar-refractivity contribution in [3.05, 3.63) is 0 Å². The molecule has 0 aromatic carbocycles. The minimum atomic E-state index is -0.701. The van der Waals surface area contributed by atoms with Crippen LogP contribution in [-0.4, -0.2) is 34.8 Å². The lowest BCUT2D eigenvalue weighted by Crippen LogP contribution is -2.70. The fourth-order valence-electron chi connectivity index (χ4n) is 2.50. The number of carbonyl (C=O) groups is 2. The van der Waals surface area contributed by atoms with E-state index in [1.165, 1.54) is 0 Å². The average Bonchev–Trinajstić information content (AvgIpc) is 2.39. The van der Waals surface area contributed by atoms with E-state index in [0.29, 0.717) is 19.4 Å². The molecular weight excluding hydrogens is 240 g/mol. The molecule has 1 aliphatic rings. The van der Waals surface area contributed by atoms with E-state index in [0.717, 1.165) is 6.42 Å². The topological polar surface area (TPSA) is 49.4 Å². The summed E-state index contributed by atoms with van der Waals surface area (Å²) in [5.41, 5.74) is -0.665. The van der Waals surface area contributed by atoms with Gasteiger partial charge in [0.05, 0.1) is 0 Å². The van der Waals surface area contributed by atoms with E-state index in [2.05, 4.69) is 26.1 Å². The highest BCUT2D eigenvalue weighted by atomic mass is 16.2. The van der Waals surface area contributed by atoms with Crippen LogP contribution in [0.25, 0.3) is 0 Å². The molecule has 0 aliphatic carbocycles. The summed E-state index contributed by atoms with van der Waals surface area (Å²) in [4.78, 5) is 26.7. The second-order valence-corrected chi connectivity index (χ2v) is 6.41. The van der Waals surface area contributed by atoms with Crippen molar-refractivity contribution in [2.75, 3.05) is 6.54 Å². The van der Waals surface area contributed by atoms with Gasteiger partial charge < -0.3 is 10.2 Å². The molecule has 110 valence electrons. The number of hydrogen-bond acceptors (Lipinski definition) is 2. The Kier molecular flexibility index (Phi) is 4.64. The fraction of sp³-hybridized carbons (Fsp3) is 0.867. The van der Waals surface area contributed by atoms with Gasteiger partial charge in [-0.1, -0.05) is 34.6 Å². The molecule has 1 unspecified atom stereocenters. The van der Waals surface area contributed by atoms with Crippen molar-refractivity contribution in [3.63, 3.8) is 0 Å². The van der Waals surface area contributed by atoms with Crippen LogP contribution >= 0.6 is 0 Å². The third kappa shape index (κ3) is 2.93. The Morgan fingerprint density at radius 3 is 2.16 bits per heavy atom. The molecule has 19 heavy (non-hydrogen) atoms. The molecule has 0 aromatic heterocycles. The second kappa shape index (κ2) is 5.51. The molecule has 2 amide bonds. The highest BCUT2D eigenvalue weighted by Gasteiger charge is 2.48. The van der Waals surface area contributed by atoms with Crippen LogP contribution in [0.3, 0.4) is 0 Å². The van der Waals surface area contributed by atoms with Gasteiger partial charge in [0.25, 0.3) is 0 Å². The van der Waals surface area contributed by atoms with Gasteiger partial charge in [-0.25, -0.2) is 0 Å². The van der Waals surface area contributed by atoms with Crippen molar-refractivity contribution in [1.29, 1.82) is 0 Å². The standard InChI is InChI=1S/C15H28N2O2/c1-7-14(5,6)10-17-11(4)12(18)16-15(8-2,9-3)13(17)19/h11H,7-10H2,1-6H3,(H,16,18). The molecule has 4 heteroatoms. The quantitative estimate of drug-likeness (QED) is 0.832. The van der Waals surface area contributed by atoms with Gasteiger partial charge in [0, 0.05) is 6.54 Å².